The molecular weight excluding hydrogens is 288 g/mol. The van der Waals surface area contributed by atoms with Crippen LogP contribution in [0.15, 0.2) is 12.1 Å². The smallest absolute Gasteiger partial charge is 0.119 e. The molecule has 0 aromatic heterocycles. The summed E-state index contributed by atoms with van der Waals surface area (Å²) in [6.07, 6.45) is 7.80. The molecule has 0 unspecified atom stereocenters. The Kier molecular flexibility index (Phi) is 5.68. The van der Waals surface area contributed by atoms with Gasteiger partial charge in [0.05, 0.1) is 6.61 Å². The lowest BCUT2D eigenvalue weighted by atomic mass is 9.83. The third-order valence-corrected chi connectivity index (χ3v) is 5.72. The highest BCUT2D eigenvalue weighted by atomic mass is 35.5. The second-order valence-electron chi connectivity index (χ2n) is 6.23. The van der Waals surface area contributed by atoms with E-state index in [1.54, 1.807) is 0 Å². The maximum absolute atomic E-state index is 6.21. The van der Waals surface area contributed by atoms with Gasteiger partial charge in [-0.25, -0.2) is 0 Å². The molecule has 1 aliphatic rings. The van der Waals surface area contributed by atoms with Crippen molar-refractivity contribution in [3.05, 3.63) is 28.3 Å². The van der Waals surface area contributed by atoms with Crippen LogP contribution in [0.1, 0.15) is 49.7 Å². The third kappa shape index (κ3) is 3.85. The van der Waals surface area contributed by atoms with E-state index in [2.05, 4.69) is 12.6 Å². The molecular formula is C17H25ClOS. The summed E-state index contributed by atoms with van der Waals surface area (Å²) in [4.78, 5) is 0. The van der Waals surface area contributed by atoms with Crippen LogP contribution in [0.4, 0.5) is 0 Å². The molecule has 2 rings (SSSR count). The standard InChI is InChI=1S/C17H25ClOS/c1-13-9-15(10-14(2)16(13)18)19-11-17(12-20)7-5-3-4-6-8-17/h9-10,20H,3-8,11-12H2,1-2H3. The first-order valence-corrected chi connectivity index (χ1v) is 8.58. The SMILES string of the molecule is Cc1cc(OCC2(CS)CCCCCC2)cc(C)c1Cl. The molecule has 0 amide bonds. The monoisotopic (exact) mass is 312 g/mol. The van der Waals surface area contributed by atoms with Gasteiger partial charge in [0.2, 0.25) is 0 Å². The Morgan fingerprint density at radius 2 is 1.65 bits per heavy atom. The average Bonchev–Trinajstić information content (AvgIpc) is 2.68. The number of hydrogen-bond donors (Lipinski definition) is 1. The van der Waals surface area contributed by atoms with Crippen molar-refractivity contribution in [2.75, 3.05) is 12.4 Å². The Morgan fingerprint density at radius 1 is 1.10 bits per heavy atom. The van der Waals surface area contributed by atoms with E-state index in [0.717, 1.165) is 34.3 Å². The number of ether oxygens (including phenoxy) is 1. The summed E-state index contributed by atoms with van der Waals surface area (Å²) in [7, 11) is 0. The van der Waals surface area contributed by atoms with Crippen LogP contribution >= 0.6 is 24.2 Å². The summed E-state index contributed by atoms with van der Waals surface area (Å²) < 4.78 is 6.10. The van der Waals surface area contributed by atoms with Crippen molar-refractivity contribution in [3.63, 3.8) is 0 Å². The molecule has 0 heterocycles. The lowest BCUT2D eigenvalue weighted by Crippen LogP contribution is -2.30. The zero-order valence-electron chi connectivity index (χ0n) is 12.5. The Balaban J connectivity index is 2.06. The van der Waals surface area contributed by atoms with Crippen molar-refractivity contribution in [3.8, 4) is 5.75 Å². The molecule has 0 saturated heterocycles. The van der Waals surface area contributed by atoms with Gasteiger partial charge in [-0.2, -0.15) is 12.6 Å². The highest BCUT2D eigenvalue weighted by Crippen LogP contribution is 2.37. The van der Waals surface area contributed by atoms with Gasteiger partial charge in [-0.15, -0.1) is 0 Å². The van der Waals surface area contributed by atoms with Gasteiger partial charge in [0.15, 0.2) is 0 Å². The minimum atomic E-state index is 0.251. The maximum Gasteiger partial charge on any atom is 0.119 e. The van der Waals surface area contributed by atoms with E-state index in [1.807, 2.05) is 26.0 Å². The van der Waals surface area contributed by atoms with Crippen molar-refractivity contribution in [2.45, 2.75) is 52.4 Å². The fourth-order valence-electron chi connectivity index (χ4n) is 3.05. The van der Waals surface area contributed by atoms with Crippen molar-refractivity contribution < 1.29 is 4.74 Å². The number of thiol groups is 1. The van der Waals surface area contributed by atoms with Gasteiger partial charge >= 0.3 is 0 Å². The van der Waals surface area contributed by atoms with Crippen LogP contribution in [-0.4, -0.2) is 12.4 Å². The molecule has 1 aromatic rings. The fourth-order valence-corrected chi connectivity index (χ4v) is 3.57. The second kappa shape index (κ2) is 7.09. The minimum Gasteiger partial charge on any atom is -0.493 e. The van der Waals surface area contributed by atoms with Gasteiger partial charge in [0.25, 0.3) is 0 Å². The number of hydrogen-bond acceptors (Lipinski definition) is 2. The van der Waals surface area contributed by atoms with Crippen LogP contribution in [0.3, 0.4) is 0 Å². The van der Waals surface area contributed by atoms with Crippen LogP contribution in [-0.2, 0) is 0 Å². The number of benzene rings is 1. The van der Waals surface area contributed by atoms with Gasteiger partial charge in [-0.05, 0) is 55.7 Å². The number of aryl methyl sites for hydroxylation is 2. The van der Waals surface area contributed by atoms with E-state index in [-0.39, 0.29) is 5.41 Å². The summed E-state index contributed by atoms with van der Waals surface area (Å²) in [5.41, 5.74) is 2.42. The van der Waals surface area contributed by atoms with E-state index >= 15 is 0 Å². The van der Waals surface area contributed by atoms with Crippen molar-refractivity contribution in [2.24, 2.45) is 5.41 Å². The van der Waals surface area contributed by atoms with E-state index in [9.17, 15) is 0 Å². The first-order chi connectivity index (χ1) is 9.56. The van der Waals surface area contributed by atoms with E-state index in [0.29, 0.717) is 0 Å². The Morgan fingerprint density at radius 3 is 2.15 bits per heavy atom. The zero-order chi connectivity index (χ0) is 14.6. The molecule has 0 aliphatic heterocycles. The molecule has 112 valence electrons. The summed E-state index contributed by atoms with van der Waals surface area (Å²) in [5, 5.41) is 0.843. The predicted octanol–water partition coefficient (Wildman–Crippen LogP) is 5.61. The largest absolute Gasteiger partial charge is 0.493 e. The van der Waals surface area contributed by atoms with Crippen LogP contribution < -0.4 is 4.74 Å². The summed E-state index contributed by atoms with van der Waals surface area (Å²) >= 11 is 10.8. The van der Waals surface area contributed by atoms with Crippen LogP contribution in [0.25, 0.3) is 0 Å². The van der Waals surface area contributed by atoms with Gasteiger partial charge < -0.3 is 4.74 Å². The van der Waals surface area contributed by atoms with Crippen molar-refractivity contribution >= 4 is 24.2 Å². The Hall–Kier alpha value is -0.340. The topological polar surface area (TPSA) is 9.23 Å². The van der Waals surface area contributed by atoms with Crippen LogP contribution in [0.2, 0.25) is 5.02 Å². The van der Waals surface area contributed by atoms with Crippen molar-refractivity contribution in [1.29, 1.82) is 0 Å². The minimum absolute atomic E-state index is 0.251. The first-order valence-electron chi connectivity index (χ1n) is 7.57. The van der Waals surface area contributed by atoms with E-state index in [4.69, 9.17) is 16.3 Å². The van der Waals surface area contributed by atoms with Gasteiger partial charge in [-0.1, -0.05) is 37.3 Å². The van der Waals surface area contributed by atoms with Gasteiger partial charge in [0, 0.05) is 10.4 Å². The highest BCUT2D eigenvalue weighted by molar-refractivity contribution is 7.80. The lowest BCUT2D eigenvalue weighted by Gasteiger charge is -2.31. The van der Waals surface area contributed by atoms with E-state index in [1.165, 1.54) is 38.5 Å². The molecule has 3 heteroatoms. The molecule has 1 aliphatic carbocycles. The quantitative estimate of drug-likeness (QED) is 0.562. The predicted molar refractivity (Wildman–Crippen MR) is 90.4 cm³/mol. The fraction of sp³-hybridized carbons (Fsp3) is 0.647. The van der Waals surface area contributed by atoms with Crippen LogP contribution in [0.5, 0.6) is 5.75 Å². The van der Waals surface area contributed by atoms with Crippen LogP contribution in [0, 0.1) is 19.3 Å². The molecule has 20 heavy (non-hydrogen) atoms. The maximum atomic E-state index is 6.21. The molecule has 1 nitrogen and oxygen atoms in total. The zero-order valence-corrected chi connectivity index (χ0v) is 14.2. The molecule has 1 aromatic carbocycles. The molecule has 0 atom stereocenters. The Bertz CT molecular complexity index is 427. The molecule has 1 fully saturated rings. The molecule has 0 spiro atoms. The van der Waals surface area contributed by atoms with Gasteiger partial charge in [0.1, 0.15) is 5.75 Å². The second-order valence-corrected chi connectivity index (χ2v) is 6.93. The highest BCUT2D eigenvalue weighted by Gasteiger charge is 2.30. The summed E-state index contributed by atoms with van der Waals surface area (Å²) in [6, 6.07) is 4.08. The first kappa shape index (κ1) is 16.0. The molecule has 1 saturated carbocycles. The third-order valence-electron chi connectivity index (χ3n) is 4.45. The van der Waals surface area contributed by atoms with Gasteiger partial charge in [-0.3, -0.25) is 0 Å². The number of halogens is 1. The normalized spacial score (nSPS) is 18.6. The van der Waals surface area contributed by atoms with Crippen molar-refractivity contribution in [1.82, 2.24) is 0 Å². The summed E-state index contributed by atoms with van der Waals surface area (Å²) in [5.74, 6) is 1.85. The summed E-state index contributed by atoms with van der Waals surface area (Å²) in [6.45, 7) is 4.83. The molecule has 0 bridgehead atoms. The lowest BCUT2D eigenvalue weighted by molar-refractivity contribution is 0.148. The Labute approximate surface area is 133 Å². The molecule has 0 N–H and O–H groups in total. The number of rotatable bonds is 4. The molecule has 0 radical (unpaired) electrons. The average molecular weight is 313 g/mol. The van der Waals surface area contributed by atoms with E-state index < -0.39 is 0 Å².